The molecule has 0 saturated heterocycles. The van der Waals surface area contributed by atoms with Gasteiger partial charge in [-0.15, -0.1) is 0 Å². The maximum absolute atomic E-state index is 4.38. The molecular weight excluding hydrogens is 214 g/mol. The molecule has 1 atom stereocenters. The smallest absolute Gasteiger partial charge is 0.0512 e. The van der Waals surface area contributed by atoms with Crippen LogP contribution in [-0.4, -0.2) is 12.3 Å². The van der Waals surface area contributed by atoms with Crippen LogP contribution in [0.5, 0.6) is 0 Å². The second-order valence-corrected chi connectivity index (χ2v) is 4.00. The summed E-state index contributed by atoms with van der Waals surface area (Å²) in [6, 6.07) is 6.74. The molecule has 0 aliphatic carbocycles. The lowest BCUT2D eigenvalue weighted by atomic mass is 9.99. The Bertz CT molecular complexity index is 331. The van der Waals surface area contributed by atoms with E-state index in [0.717, 1.165) is 10.9 Å². The predicted octanol–water partition coefficient (Wildman–Crippen LogP) is 2.81. The SMILES string of the molecule is C[C@@H]1Cc2cccc(Br)c2C=N1. The number of nitrogens with zero attached hydrogens (tertiary/aromatic N) is 1. The first-order valence-electron chi connectivity index (χ1n) is 4.08. The van der Waals surface area contributed by atoms with Gasteiger partial charge in [-0.1, -0.05) is 28.1 Å². The van der Waals surface area contributed by atoms with Crippen molar-refractivity contribution in [1.29, 1.82) is 0 Å². The molecular formula is C10H10BrN. The largest absolute Gasteiger partial charge is 0.289 e. The molecule has 2 heteroatoms. The Morgan fingerprint density at radius 3 is 3.17 bits per heavy atom. The zero-order valence-electron chi connectivity index (χ0n) is 6.92. The molecule has 0 bridgehead atoms. The fourth-order valence-corrected chi connectivity index (χ4v) is 1.99. The Labute approximate surface area is 80.6 Å². The van der Waals surface area contributed by atoms with Crippen LogP contribution in [0.4, 0.5) is 0 Å². The average Bonchev–Trinajstić information content (AvgIpc) is 2.04. The van der Waals surface area contributed by atoms with Crippen LogP contribution in [0.15, 0.2) is 27.7 Å². The summed E-state index contributed by atoms with van der Waals surface area (Å²) >= 11 is 3.51. The number of hydrogen-bond donors (Lipinski definition) is 0. The zero-order chi connectivity index (χ0) is 8.55. The predicted molar refractivity (Wildman–Crippen MR) is 54.9 cm³/mol. The lowest BCUT2D eigenvalue weighted by Crippen LogP contribution is -2.11. The van der Waals surface area contributed by atoms with E-state index in [9.17, 15) is 0 Å². The first kappa shape index (κ1) is 7.99. The number of rotatable bonds is 0. The highest BCUT2D eigenvalue weighted by atomic mass is 79.9. The second-order valence-electron chi connectivity index (χ2n) is 3.14. The topological polar surface area (TPSA) is 12.4 Å². The number of fused-ring (bicyclic) bond motifs is 1. The summed E-state index contributed by atoms with van der Waals surface area (Å²) in [5.41, 5.74) is 2.64. The summed E-state index contributed by atoms with van der Waals surface area (Å²) in [6.45, 7) is 2.14. The number of halogens is 1. The molecule has 0 amide bonds. The highest BCUT2D eigenvalue weighted by Gasteiger charge is 2.11. The molecule has 0 N–H and O–H groups in total. The Morgan fingerprint density at radius 1 is 1.50 bits per heavy atom. The van der Waals surface area contributed by atoms with Gasteiger partial charge in [0.15, 0.2) is 0 Å². The van der Waals surface area contributed by atoms with Gasteiger partial charge in [0.05, 0.1) is 6.04 Å². The minimum absolute atomic E-state index is 0.437. The van der Waals surface area contributed by atoms with Crippen molar-refractivity contribution >= 4 is 22.1 Å². The van der Waals surface area contributed by atoms with Crippen LogP contribution in [-0.2, 0) is 6.42 Å². The molecule has 1 aliphatic heterocycles. The number of hydrogen-bond acceptors (Lipinski definition) is 1. The minimum atomic E-state index is 0.437. The minimum Gasteiger partial charge on any atom is -0.289 e. The molecule has 2 rings (SSSR count). The summed E-state index contributed by atoms with van der Waals surface area (Å²) in [6.07, 6.45) is 3.03. The third-order valence-electron chi connectivity index (χ3n) is 2.12. The van der Waals surface area contributed by atoms with E-state index < -0.39 is 0 Å². The fraction of sp³-hybridized carbons (Fsp3) is 0.300. The van der Waals surface area contributed by atoms with Gasteiger partial charge in [-0.3, -0.25) is 4.99 Å². The normalized spacial score (nSPS) is 20.7. The number of aliphatic imine (C=N–C) groups is 1. The van der Waals surface area contributed by atoms with Crippen LogP contribution < -0.4 is 0 Å². The van der Waals surface area contributed by atoms with E-state index >= 15 is 0 Å². The van der Waals surface area contributed by atoms with E-state index in [1.807, 2.05) is 6.21 Å². The third-order valence-corrected chi connectivity index (χ3v) is 2.81. The van der Waals surface area contributed by atoms with Crippen molar-refractivity contribution in [1.82, 2.24) is 0 Å². The summed E-state index contributed by atoms with van der Waals surface area (Å²) in [5, 5.41) is 0. The third kappa shape index (κ3) is 1.31. The van der Waals surface area contributed by atoms with Crippen molar-refractivity contribution in [3.8, 4) is 0 Å². The molecule has 0 spiro atoms. The quantitative estimate of drug-likeness (QED) is 0.642. The van der Waals surface area contributed by atoms with E-state index in [1.165, 1.54) is 11.1 Å². The van der Waals surface area contributed by atoms with E-state index in [-0.39, 0.29) is 0 Å². The molecule has 62 valence electrons. The lowest BCUT2D eigenvalue weighted by Gasteiger charge is -2.15. The van der Waals surface area contributed by atoms with E-state index in [2.05, 4.69) is 46.0 Å². The first-order chi connectivity index (χ1) is 5.77. The summed E-state index contributed by atoms with van der Waals surface area (Å²) < 4.78 is 1.15. The van der Waals surface area contributed by atoms with Crippen molar-refractivity contribution in [2.24, 2.45) is 4.99 Å². The van der Waals surface area contributed by atoms with Gasteiger partial charge >= 0.3 is 0 Å². The van der Waals surface area contributed by atoms with Gasteiger partial charge in [0.2, 0.25) is 0 Å². The molecule has 1 aliphatic rings. The Kier molecular flexibility index (Phi) is 2.01. The summed E-state index contributed by atoms with van der Waals surface area (Å²) in [5.74, 6) is 0. The maximum Gasteiger partial charge on any atom is 0.0512 e. The molecule has 0 radical (unpaired) electrons. The van der Waals surface area contributed by atoms with E-state index in [1.54, 1.807) is 0 Å². The van der Waals surface area contributed by atoms with Crippen LogP contribution in [0.2, 0.25) is 0 Å². The van der Waals surface area contributed by atoms with Crippen LogP contribution in [0.25, 0.3) is 0 Å². The zero-order valence-corrected chi connectivity index (χ0v) is 8.51. The van der Waals surface area contributed by atoms with Gasteiger partial charge in [-0.2, -0.15) is 0 Å². The molecule has 0 aromatic heterocycles. The van der Waals surface area contributed by atoms with Gasteiger partial charge in [-0.25, -0.2) is 0 Å². The van der Waals surface area contributed by atoms with Crippen LogP contribution in [0.1, 0.15) is 18.1 Å². The Hall–Kier alpha value is -0.630. The van der Waals surface area contributed by atoms with Crippen molar-refractivity contribution in [3.63, 3.8) is 0 Å². The van der Waals surface area contributed by atoms with Gasteiger partial charge in [-0.05, 0) is 25.0 Å². The Balaban J connectivity index is 2.53. The second kappa shape index (κ2) is 3.02. The maximum atomic E-state index is 4.38. The average molecular weight is 224 g/mol. The molecule has 1 aromatic carbocycles. The van der Waals surface area contributed by atoms with Gasteiger partial charge < -0.3 is 0 Å². The van der Waals surface area contributed by atoms with Crippen molar-refractivity contribution in [2.75, 3.05) is 0 Å². The molecule has 1 heterocycles. The molecule has 1 aromatic rings. The number of benzene rings is 1. The lowest BCUT2D eigenvalue weighted by molar-refractivity contribution is 0.732. The fourth-order valence-electron chi connectivity index (χ4n) is 1.48. The molecule has 0 fully saturated rings. The van der Waals surface area contributed by atoms with Crippen LogP contribution >= 0.6 is 15.9 Å². The highest BCUT2D eigenvalue weighted by Crippen LogP contribution is 2.23. The first-order valence-corrected chi connectivity index (χ1v) is 4.87. The highest BCUT2D eigenvalue weighted by molar-refractivity contribution is 9.10. The molecule has 0 saturated carbocycles. The van der Waals surface area contributed by atoms with E-state index in [0.29, 0.717) is 6.04 Å². The summed E-state index contributed by atoms with van der Waals surface area (Å²) in [7, 11) is 0. The summed E-state index contributed by atoms with van der Waals surface area (Å²) in [4.78, 5) is 4.38. The van der Waals surface area contributed by atoms with Crippen molar-refractivity contribution in [3.05, 3.63) is 33.8 Å². The van der Waals surface area contributed by atoms with Crippen molar-refractivity contribution < 1.29 is 0 Å². The molecule has 0 unspecified atom stereocenters. The van der Waals surface area contributed by atoms with Gasteiger partial charge in [0.1, 0.15) is 0 Å². The molecule has 12 heavy (non-hydrogen) atoms. The monoisotopic (exact) mass is 223 g/mol. The van der Waals surface area contributed by atoms with Gasteiger partial charge in [0.25, 0.3) is 0 Å². The molecule has 1 nitrogen and oxygen atoms in total. The van der Waals surface area contributed by atoms with Crippen LogP contribution in [0.3, 0.4) is 0 Å². The standard InChI is InChI=1S/C10H10BrN/c1-7-5-8-3-2-4-10(11)9(8)6-12-7/h2-4,6-7H,5H2,1H3/t7-/m1/s1. The van der Waals surface area contributed by atoms with Crippen molar-refractivity contribution in [2.45, 2.75) is 19.4 Å². The van der Waals surface area contributed by atoms with E-state index in [4.69, 9.17) is 0 Å². The van der Waals surface area contributed by atoms with Gasteiger partial charge in [0, 0.05) is 16.3 Å². The van der Waals surface area contributed by atoms with Crippen LogP contribution in [0, 0.1) is 0 Å². The Morgan fingerprint density at radius 2 is 2.33 bits per heavy atom.